The van der Waals surface area contributed by atoms with Gasteiger partial charge in [0.25, 0.3) is 0 Å². The van der Waals surface area contributed by atoms with Crippen LogP contribution in [0.2, 0.25) is 4.34 Å². The lowest BCUT2D eigenvalue weighted by Crippen LogP contribution is -2.19. The van der Waals surface area contributed by atoms with Crippen molar-refractivity contribution in [2.24, 2.45) is 0 Å². The lowest BCUT2D eigenvalue weighted by molar-refractivity contribution is 0.0666. The van der Waals surface area contributed by atoms with Crippen LogP contribution in [0.25, 0.3) is 0 Å². The Hall–Kier alpha value is -0.810. The second-order valence-electron chi connectivity index (χ2n) is 2.91. The topological polar surface area (TPSA) is 34.4 Å². The summed E-state index contributed by atoms with van der Waals surface area (Å²) < 4.78 is 6.08. The Balaban J connectivity index is 2.27. The molecule has 2 heterocycles. The van der Waals surface area contributed by atoms with E-state index >= 15 is 0 Å². The summed E-state index contributed by atoms with van der Waals surface area (Å²) in [4.78, 5) is 6.00. The molecule has 2 rings (SSSR count). The normalized spacial score (nSPS) is 12.9. The predicted octanol–water partition coefficient (Wildman–Crippen LogP) is 3.23. The Morgan fingerprint density at radius 2 is 2.33 bits per heavy atom. The summed E-state index contributed by atoms with van der Waals surface area (Å²) in [5.41, 5.74) is 2.87. The zero-order valence-electron chi connectivity index (χ0n) is 8.07. The first-order valence-corrected chi connectivity index (χ1v) is 5.58. The molecule has 3 nitrogen and oxygen atoms in total. The maximum absolute atomic E-state index is 5.89. The third-order valence-corrected chi connectivity index (χ3v) is 3.24. The molecule has 0 amide bonds. The van der Waals surface area contributed by atoms with Gasteiger partial charge in [0.05, 0.1) is 17.7 Å². The highest BCUT2D eigenvalue weighted by molar-refractivity contribution is 7.16. The summed E-state index contributed by atoms with van der Waals surface area (Å²) in [5, 5.41) is 0. The molecule has 2 aromatic rings. The quantitative estimate of drug-likeness (QED) is 0.838. The number of furan rings is 1. The molecular weight excluding hydrogens is 234 g/mol. The van der Waals surface area contributed by atoms with Crippen LogP contribution < -0.4 is 5.48 Å². The van der Waals surface area contributed by atoms with Gasteiger partial charge in [-0.05, 0) is 24.3 Å². The summed E-state index contributed by atoms with van der Waals surface area (Å²) in [7, 11) is 1.57. The van der Waals surface area contributed by atoms with E-state index < -0.39 is 0 Å². The maximum Gasteiger partial charge on any atom is 0.128 e. The number of thiophene rings is 1. The van der Waals surface area contributed by atoms with Crippen molar-refractivity contribution < 1.29 is 9.25 Å². The number of hydroxylamine groups is 1. The number of hydrogen-bond donors (Lipinski definition) is 1. The Bertz CT molecular complexity index is 413. The monoisotopic (exact) mass is 243 g/mol. The van der Waals surface area contributed by atoms with E-state index in [1.54, 1.807) is 13.4 Å². The van der Waals surface area contributed by atoms with Crippen molar-refractivity contribution >= 4 is 22.9 Å². The summed E-state index contributed by atoms with van der Waals surface area (Å²) in [6.07, 6.45) is 1.63. The Kier molecular flexibility index (Phi) is 3.43. The number of rotatable bonds is 4. The molecule has 0 fully saturated rings. The lowest BCUT2D eigenvalue weighted by atomic mass is 10.2. The van der Waals surface area contributed by atoms with E-state index in [0.717, 1.165) is 15.0 Å². The van der Waals surface area contributed by atoms with Crippen molar-refractivity contribution in [3.8, 4) is 0 Å². The van der Waals surface area contributed by atoms with Gasteiger partial charge in [-0.25, -0.2) is 0 Å². The fourth-order valence-corrected chi connectivity index (χ4v) is 2.42. The van der Waals surface area contributed by atoms with Gasteiger partial charge in [0.2, 0.25) is 0 Å². The van der Waals surface area contributed by atoms with Crippen LogP contribution in [0.3, 0.4) is 0 Å². The van der Waals surface area contributed by atoms with Crippen LogP contribution in [-0.2, 0) is 4.84 Å². The first-order valence-electron chi connectivity index (χ1n) is 4.38. The van der Waals surface area contributed by atoms with Crippen molar-refractivity contribution in [3.63, 3.8) is 0 Å². The Morgan fingerprint density at radius 1 is 1.47 bits per heavy atom. The van der Waals surface area contributed by atoms with Gasteiger partial charge in [-0.2, -0.15) is 5.48 Å². The van der Waals surface area contributed by atoms with Gasteiger partial charge < -0.3 is 9.25 Å². The fourth-order valence-electron chi connectivity index (χ4n) is 1.31. The van der Waals surface area contributed by atoms with E-state index in [0.29, 0.717) is 0 Å². The standard InChI is InChI=1S/C10H10ClNO2S/c1-13-12-10(7-3-2-6-14-7)8-4-5-9(11)15-8/h2-6,10,12H,1H3. The largest absolute Gasteiger partial charge is 0.467 e. The van der Waals surface area contributed by atoms with Gasteiger partial charge in [0, 0.05) is 4.88 Å². The highest BCUT2D eigenvalue weighted by atomic mass is 35.5. The van der Waals surface area contributed by atoms with Crippen molar-refractivity contribution in [1.82, 2.24) is 5.48 Å². The second-order valence-corrected chi connectivity index (χ2v) is 4.66. The van der Waals surface area contributed by atoms with E-state index in [1.807, 2.05) is 24.3 Å². The number of halogens is 1. The molecule has 1 N–H and O–H groups in total. The average molecular weight is 244 g/mol. The molecule has 15 heavy (non-hydrogen) atoms. The molecule has 1 unspecified atom stereocenters. The molecule has 0 bridgehead atoms. The molecule has 5 heteroatoms. The highest BCUT2D eigenvalue weighted by Crippen LogP contribution is 2.31. The van der Waals surface area contributed by atoms with Gasteiger partial charge in [-0.1, -0.05) is 11.6 Å². The summed E-state index contributed by atoms with van der Waals surface area (Å²) >= 11 is 7.38. The van der Waals surface area contributed by atoms with E-state index in [2.05, 4.69) is 5.48 Å². The van der Waals surface area contributed by atoms with Gasteiger partial charge in [-0.15, -0.1) is 11.3 Å². The molecule has 0 radical (unpaired) electrons. The van der Waals surface area contributed by atoms with Gasteiger partial charge in [0.15, 0.2) is 0 Å². The average Bonchev–Trinajstić information content (AvgIpc) is 2.85. The molecule has 0 aliphatic carbocycles. The molecule has 80 valence electrons. The summed E-state index contributed by atoms with van der Waals surface area (Å²) in [6, 6.07) is 7.43. The minimum absolute atomic E-state index is 0.109. The molecule has 2 aromatic heterocycles. The lowest BCUT2D eigenvalue weighted by Gasteiger charge is -2.12. The third kappa shape index (κ3) is 2.41. The minimum Gasteiger partial charge on any atom is -0.467 e. The molecule has 0 saturated heterocycles. The maximum atomic E-state index is 5.89. The van der Waals surface area contributed by atoms with Gasteiger partial charge in [-0.3, -0.25) is 0 Å². The fraction of sp³-hybridized carbons (Fsp3) is 0.200. The number of hydrogen-bond acceptors (Lipinski definition) is 4. The van der Waals surface area contributed by atoms with Gasteiger partial charge in [0.1, 0.15) is 11.8 Å². The Labute approximate surface area is 96.6 Å². The Morgan fingerprint density at radius 3 is 2.87 bits per heavy atom. The molecule has 0 saturated carbocycles. The zero-order chi connectivity index (χ0) is 10.7. The van der Waals surface area contributed by atoms with Crippen molar-refractivity contribution in [2.45, 2.75) is 6.04 Å². The first-order chi connectivity index (χ1) is 7.31. The molecule has 0 aromatic carbocycles. The van der Waals surface area contributed by atoms with Crippen LogP contribution in [0.4, 0.5) is 0 Å². The molecule has 0 aliphatic rings. The van der Waals surface area contributed by atoms with Crippen LogP contribution >= 0.6 is 22.9 Å². The molecular formula is C10H10ClNO2S. The van der Waals surface area contributed by atoms with E-state index in [1.165, 1.54) is 11.3 Å². The van der Waals surface area contributed by atoms with E-state index in [9.17, 15) is 0 Å². The van der Waals surface area contributed by atoms with Crippen LogP contribution in [-0.4, -0.2) is 7.11 Å². The van der Waals surface area contributed by atoms with Crippen LogP contribution in [0.5, 0.6) is 0 Å². The zero-order valence-corrected chi connectivity index (χ0v) is 9.64. The predicted molar refractivity (Wildman–Crippen MR) is 60.0 cm³/mol. The SMILES string of the molecule is CONC(c1ccco1)c1ccc(Cl)s1. The first kappa shape index (κ1) is 10.7. The minimum atomic E-state index is -0.109. The molecule has 1 atom stereocenters. The molecule has 0 aliphatic heterocycles. The third-order valence-electron chi connectivity index (χ3n) is 1.94. The van der Waals surface area contributed by atoms with Crippen molar-refractivity contribution in [2.75, 3.05) is 7.11 Å². The number of nitrogens with one attached hydrogen (secondary N) is 1. The van der Waals surface area contributed by atoms with E-state index in [-0.39, 0.29) is 6.04 Å². The second kappa shape index (κ2) is 4.81. The summed E-state index contributed by atoms with van der Waals surface area (Å²) in [6.45, 7) is 0. The van der Waals surface area contributed by atoms with Crippen molar-refractivity contribution in [1.29, 1.82) is 0 Å². The van der Waals surface area contributed by atoms with Crippen molar-refractivity contribution in [3.05, 3.63) is 45.5 Å². The molecule has 0 spiro atoms. The van der Waals surface area contributed by atoms with Crippen LogP contribution in [0, 0.1) is 0 Å². The van der Waals surface area contributed by atoms with Crippen LogP contribution in [0.15, 0.2) is 34.9 Å². The van der Waals surface area contributed by atoms with Crippen LogP contribution in [0.1, 0.15) is 16.7 Å². The highest BCUT2D eigenvalue weighted by Gasteiger charge is 2.18. The summed E-state index contributed by atoms with van der Waals surface area (Å²) in [5.74, 6) is 0.801. The smallest absolute Gasteiger partial charge is 0.128 e. The van der Waals surface area contributed by atoms with E-state index in [4.69, 9.17) is 20.9 Å². The van der Waals surface area contributed by atoms with Gasteiger partial charge >= 0.3 is 0 Å².